The predicted molar refractivity (Wildman–Crippen MR) is 146 cm³/mol. The number of carbonyl (C=O) groups excluding carboxylic acids is 1. The zero-order valence-corrected chi connectivity index (χ0v) is 22.6. The van der Waals surface area contributed by atoms with Gasteiger partial charge in [0.1, 0.15) is 5.75 Å². The molecule has 2 heterocycles. The lowest BCUT2D eigenvalue weighted by molar-refractivity contribution is -0.122. The lowest BCUT2D eigenvalue weighted by Gasteiger charge is -2.34. The molecule has 8 nitrogen and oxygen atoms in total. The van der Waals surface area contributed by atoms with Crippen molar-refractivity contribution in [2.24, 2.45) is 0 Å². The number of carbonyl (C=O) groups is 1. The monoisotopic (exact) mass is 552 g/mol. The zero-order chi connectivity index (χ0) is 26.0. The number of thioether (sulfide) groups is 1. The fraction of sp³-hybridized carbons (Fsp3) is 0.192. The smallest absolute Gasteiger partial charge is 0.269 e. The number of anilines is 2. The maximum absolute atomic E-state index is 13.6. The van der Waals surface area contributed by atoms with E-state index in [1.54, 1.807) is 36.4 Å². The number of rotatable bonds is 7. The number of sulfonamides is 1. The molecule has 0 bridgehead atoms. The van der Waals surface area contributed by atoms with Crippen molar-refractivity contribution in [1.82, 2.24) is 10.2 Å². The Morgan fingerprint density at radius 2 is 1.78 bits per heavy atom. The molecule has 5 rings (SSSR count). The summed E-state index contributed by atoms with van der Waals surface area (Å²) >= 11 is 2.78. The summed E-state index contributed by atoms with van der Waals surface area (Å²) in [5, 5.41) is 11.3. The van der Waals surface area contributed by atoms with Gasteiger partial charge in [-0.3, -0.25) is 14.4 Å². The number of aromatic nitrogens is 2. The predicted octanol–water partition coefficient (Wildman–Crippen LogP) is 5.04. The average Bonchev–Trinajstić information content (AvgIpc) is 3.34. The summed E-state index contributed by atoms with van der Waals surface area (Å²) in [6, 6.07) is 21.9. The Kier molecular flexibility index (Phi) is 7.18. The van der Waals surface area contributed by atoms with Crippen LogP contribution in [-0.2, 0) is 20.6 Å². The minimum atomic E-state index is -3.93. The number of nitrogens with one attached hydrogen (secondary N) is 1. The Bertz CT molecular complexity index is 1520. The molecule has 0 saturated carbocycles. The van der Waals surface area contributed by atoms with E-state index in [4.69, 9.17) is 4.74 Å². The van der Waals surface area contributed by atoms with Gasteiger partial charge < -0.3 is 4.74 Å². The molecular weight excluding hydrogens is 529 g/mol. The molecule has 1 N–H and O–H groups in total. The van der Waals surface area contributed by atoms with Crippen LogP contribution in [0.15, 0.2) is 82.0 Å². The third-order valence-corrected chi connectivity index (χ3v) is 9.57. The largest absolute Gasteiger partial charge is 0.476 e. The number of aryl methyl sites for hydroxylation is 2. The Balaban J connectivity index is 1.34. The molecule has 1 aliphatic rings. The van der Waals surface area contributed by atoms with Gasteiger partial charge in [0.2, 0.25) is 5.13 Å². The number of benzene rings is 3. The van der Waals surface area contributed by atoms with Gasteiger partial charge in [0, 0.05) is 5.75 Å². The van der Waals surface area contributed by atoms with E-state index in [9.17, 15) is 13.2 Å². The van der Waals surface area contributed by atoms with Crippen LogP contribution in [0.3, 0.4) is 0 Å². The zero-order valence-electron chi connectivity index (χ0n) is 20.1. The first-order valence-corrected chi connectivity index (χ1v) is 14.7. The van der Waals surface area contributed by atoms with Crippen LogP contribution in [-0.4, -0.2) is 37.2 Å². The minimum Gasteiger partial charge on any atom is -0.476 e. The minimum absolute atomic E-state index is 0.148. The molecule has 11 heteroatoms. The molecule has 1 amide bonds. The Morgan fingerprint density at radius 1 is 1.05 bits per heavy atom. The van der Waals surface area contributed by atoms with Crippen molar-refractivity contribution in [3.8, 4) is 5.75 Å². The molecule has 0 fully saturated rings. The van der Waals surface area contributed by atoms with Crippen molar-refractivity contribution in [2.75, 3.05) is 16.2 Å². The lowest BCUT2D eigenvalue weighted by atomic mass is 10.1. The van der Waals surface area contributed by atoms with Crippen molar-refractivity contribution in [3.63, 3.8) is 0 Å². The van der Waals surface area contributed by atoms with E-state index in [0.29, 0.717) is 20.9 Å². The Hall–Kier alpha value is -3.41. The summed E-state index contributed by atoms with van der Waals surface area (Å²) in [5.74, 6) is 0.572. The second-order valence-corrected chi connectivity index (χ2v) is 12.6. The van der Waals surface area contributed by atoms with Gasteiger partial charge in [-0.15, -0.1) is 10.2 Å². The van der Waals surface area contributed by atoms with Crippen LogP contribution in [0.1, 0.15) is 16.7 Å². The molecule has 1 aliphatic heterocycles. The molecule has 190 valence electrons. The van der Waals surface area contributed by atoms with E-state index in [-0.39, 0.29) is 11.4 Å². The van der Waals surface area contributed by atoms with Gasteiger partial charge in [-0.2, -0.15) is 0 Å². The highest BCUT2D eigenvalue weighted by atomic mass is 32.2. The summed E-state index contributed by atoms with van der Waals surface area (Å²) in [6.07, 6.45) is -1.07. The van der Waals surface area contributed by atoms with Crippen LogP contribution in [0.2, 0.25) is 0 Å². The van der Waals surface area contributed by atoms with Crippen LogP contribution in [0, 0.1) is 13.8 Å². The normalized spacial score (nSPS) is 15.1. The molecule has 1 aromatic heterocycles. The van der Waals surface area contributed by atoms with Gasteiger partial charge in [0.15, 0.2) is 10.4 Å². The van der Waals surface area contributed by atoms with E-state index < -0.39 is 22.0 Å². The first-order valence-electron chi connectivity index (χ1n) is 11.5. The fourth-order valence-electron chi connectivity index (χ4n) is 3.79. The summed E-state index contributed by atoms with van der Waals surface area (Å²) in [7, 11) is -3.93. The quantitative estimate of drug-likeness (QED) is 0.253. The van der Waals surface area contributed by atoms with Gasteiger partial charge in [0.25, 0.3) is 15.9 Å². The van der Waals surface area contributed by atoms with Crippen molar-refractivity contribution >= 4 is 49.8 Å². The van der Waals surface area contributed by atoms with Gasteiger partial charge in [-0.1, -0.05) is 77.2 Å². The van der Waals surface area contributed by atoms with Crippen LogP contribution < -0.4 is 14.4 Å². The highest BCUT2D eigenvalue weighted by molar-refractivity contribution is 8.00. The number of amides is 1. The second-order valence-electron chi connectivity index (χ2n) is 8.56. The second kappa shape index (κ2) is 10.5. The van der Waals surface area contributed by atoms with E-state index in [1.165, 1.54) is 27.4 Å². The van der Waals surface area contributed by atoms with Gasteiger partial charge in [-0.25, -0.2) is 8.42 Å². The van der Waals surface area contributed by atoms with Gasteiger partial charge >= 0.3 is 0 Å². The summed E-state index contributed by atoms with van der Waals surface area (Å²) in [6.45, 7) is 3.59. The molecule has 3 aromatic carbocycles. The van der Waals surface area contributed by atoms with Crippen LogP contribution in [0.5, 0.6) is 5.75 Å². The number of hydrogen-bond acceptors (Lipinski definition) is 8. The van der Waals surface area contributed by atoms with E-state index in [2.05, 4.69) is 15.5 Å². The molecule has 0 saturated heterocycles. The highest BCUT2D eigenvalue weighted by Crippen LogP contribution is 2.38. The molecule has 0 radical (unpaired) electrons. The third kappa shape index (κ3) is 5.63. The number of fused-ring (bicyclic) bond motifs is 1. The molecule has 1 atom stereocenters. The highest BCUT2D eigenvalue weighted by Gasteiger charge is 2.38. The Labute approximate surface area is 223 Å². The number of nitrogens with zero attached hydrogens (tertiary/aromatic N) is 3. The first-order chi connectivity index (χ1) is 17.8. The summed E-state index contributed by atoms with van der Waals surface area (Å²) < 4.78 is 35.1. The number of hydrogen-bond donors (Lipinski definition) is 1. The maximum Gasteiger partial charge on any atom is 0.269 e. The topological polar surface area (TPSA) is 101 Å². The molecule has 0 unspecified atom stereocenters. The summed E-state index contributed by atoms with van der Waals surface area (Å²) in [5.41, 5.74) is 3.39. The SMILES string of the molecule is Cc1ccc(S(=O)(=O)N2C[C@H](C(=O)Nc3nnc(SCc4ccccc4)s3)Oc3cc(C)ccc32)cc1. The maximum atomic E-state index is 13.6. The van der Waals surface area contributed by atoms with Crippen molar-refractivity contribution in [1.29, 1.82) is 0 Å². The lowest BCUT2D eigenvalue weighted by Crippen LogP contribution is -2.48. The van der Waals surface area contributed by atoms with Crippen molar-refractivity contribution in [3.05, 3.63) is 89.5 Å². The van der Waals surface area contributed by atoms with Crippen LogP contribution >= 0.6 is 23.1 Å². The van der Waals surface area contributed by atoms with Gasteiger partial charge in [-0.05, 0) is 49.2 Å². The van der Waals surface area contributed by atoms with Crippen molar-refractivity contribution < 1.29 is 17.9 Å². The molecule has 0 aliphatic carbocycles. The molecule has 0 spiro atoms. The van der Waals surface area contributed by atoms with Gasteiger partial charge in [0.05, 0.1) is 17.1 Å². The molecule has 37 heavy (non-hydrogen) atoms. The standard InChI is InChI=1S/C26H24N4O4S3/c1-17-8-11-20(12-9-17)37(32,33)30-15-23(34-22-14-18(2)10-13-21(22)30)24(31)27-25-28-29-26(36-25)35-16-19-6-4-3-5-7-19/h3-14,23H,15-16H2,1-2H3,(H,27,28,31)/t23-/m1/s1. The fourth-order valence-corrected chi connectivity index (χ4v) is 6.97. The van der Waals surface area contributed by atoms with E-state index >= 15 is 0 Å². The molecule has 4 aromatic rings. The first kappa shape index (κ1) is 25.2. The third-order valence-electron chi connectivity index (χ3n) is 5.73. The Morgan fingerprint density at radius 3 is 2.54 bits per heavy atom. The number of ether oxygens (including phenoxy) is 1. The van der Waals surface area contributed by atoms with Crippen LogP contribution in [0.4, 0.5) is 10.8 Å². The van der Waals surface area contributed by atoms with E-state index in [1.807, 2.05) is 50.2 Å². The molecular formula is C26H24N4O4S3. The summed E-state index contributed by atoms with van der Waals surface area (Å²) in [4.78, 5) is 13.3. The van der Waals surface area contributed by atoms with Crippen molar-refractivity contribution in [2.45, 2.75) is 34.9 Å². The van der Waals surface area contributed by atoms with Crippen LogP contribution in [0.25, 0.3) is 0 Å². The average molecular weight is 553 g/mol. The van der Waals surface area contributed by atoms with E-state index in [0.717, 1.165) is 22.4 Å².